The average molecular weight is 276 g/mol. The molecule has 1 aliphatic heterocycles. The van der Waals surface area contributed by atoms with E-state index in [0.717, 1.165) is 5.56 Å². The molecule has 0 fully saturated rings. The molecule has 0 aliphatic carbocycles. The summed E-state index contributed by atoms with van der Waals surface area (Å²) in [5, 5.41) is 9.27. The van der Waals surface area contributed by atoms with Gasteiger partial charge in [-0.3, -0.25) is 0 Å². The smallest absolute Gasteiger partial charge is 0.142 e. The molecule has 1 aromatic carbocycles. The zero-order chi connectivity index (χ0) is 8.77. The first-order chi connectivity index (χ1) is 5.59. The lowest BCUT2D eigenvalue weighted by Crippen LogP contribution is -2.09. The maximum atomic E-state index is 9.27. The van der Waals surface area contributed by atoms with E-state index in [1.165, 1.54) is 5.56 Å². The number of fused-ring (bicyclic) bond motifs is 1. The van der Waals surface area contributed by atoms with Gasteiger partial charge in [0.05, 0.1) is 6.61 Å². The molecule has 1 heterocycles. The molecule has 64 valence electrons. The lowest BCUT2D eigenvalue weighted by Gasteiger charge is -2.15. The number of rotatable bonds is 0. The Morgan fingerprint density at radius 1 is 1.58 bits per heavy atom. The van der Waals surface area contributed by atoms with Crippen LogP contribution < -0.4 is 0 Å². The van der Waals surface area contributed by atoms with Crippen molar-refractivity contribution in [3.63, 3.8) is 0 Å². The molecular weight excluding hydrogens is 267 g/mol. The standard InChI is InChI=1S/C9H9IO2/c1-9(10)8-4-7(11)3-2-6(8)5-12-9/h2-4,11H,5H2,1H3. The van der Waals surface area contributed by atoms with Crippen molar-refractivity contribution in [2.75, 3.05) is 0 Å². The molecule has 2 nitrogen and oxygen atoms in total. The number of hydrogen-bond acceptors (Lipinski definition) is 2. The van der Waals surface area contributed by atoms with Gasteiger partial charge in [0.1, 0.15) is 9.36 Å². The van der Waals surface area contributed by atoms with Crippen LogP contribution in [-0.2, 0) is 15.0 Å². The van der Waals surface area contributed by atoms with Crippen LogP contribution in [0.15, 0.2) is 18.2 Å². The van der Waals surface area contributed by atoms with E-state index in [1.54, 1.807) is 12.1 Å². The Labute approximate surface area is 84.7 Å². The van der Waals surface area contributed by atoms with Crippen LogP contribution in [0.3, 0.4) is 0 Å². The summed E-state index contributed by atoms with van der Waals surface area (Å²) in [6, 6.07) is 5.38. The summed E-state index contributed by atoms with van der Waals surface area (Å²) in [5.74, 6) is 0.308. The number of phenolic OH excluding ortho intramolecular Hbond substituents is 1. The second-order valence-electron chi connectivity index (χ2n) is 3.05. The molecule has 1 atom stereocenters. The molecule has 1 N–H and O–H groups in total. The van der Waals surface area contributed by atoms with Gasteiger partial charge in [0.15, 0.2) is 0 Å². The largest absolute Gasteiger partial charge is 0.508 e. The van der Waals surface area contributed by atoms with Crippen LogP contribution in [0.1, 0.15) is 18.1 Å². The molecule has 0 bridgehead atoms. The summed E-state index contributed by atoms with van der Waals surface area (Å²) < 4.78 is 5.27. The summed E-state index contributed by atoms with van der Waals surface area (Å²) in [6.07, 6.45) is 0. The van der Waals surface area contributed by atoms with Crippen molar-refractivity contribution < 1.29 is 9.84 Å². The number of ether oxygens (including phenoxy) is 1. The van der Waals surface area contributed by atoms with Crippen molar-refractivity contribution in [1.29, 1.82) is 0 Å². The third-order valence-electron chi connectivity index (χ3n) is 2.07. The van der Waals surface area contributed by atoms with Gasteiger partial charge < -0.3 is 9.84 Å². The number of aromatic hydroxyl groups is 1. The van der Waals surface area contributed by atoms with E-state index >= 15 is 0 Å². The SMILES string of the molecule is CC1(I)OCc2ccc(O)cc21. The van der Waals surface area contributed by atoms with Crippen molar-refractivity contribution in [3.05, 3.63) is 29.3 Å². The lowest BCUT2D eigenvalue weighted by molar-refractivity contribution is 0.0646. The third-order valence-corrected chi connectivity index (χ3v) is 2.97. The summed E-state index contributed by atoms with van der Waals surface area (Å²) in [5.41, 5.74) is 2.26. The molecule has 1 aromatic rings. The first kappa shape index (κ1) is 8.31. The third kappa shape index (κ3) is 1.21. The Kier molecular flexibility index (Phi) is 1.80. The van der Waals surface area contributed by atoms with E-state index in [0.29, 0.717) is 12.4 Å². The quantitative estimate of drug-likeness (QED) is 0.583. The highest BCUT2D eigenvalue weighted by Gasteiger charge is 2.32. The fraction of sp³-hybridized carbons (Fsp3) is 0.333. The average Bonchev–Trinajstić information content (AvgIpc) is 2.28. The van der Waals surface area contributed by atoms with Crippen LogP contribution in [0.2, 0.25) is 0 Å². The van der Waals surface area contributed by atoms with Crippen LogP contribution in [0.25, 0.3) is 0 Å². The molecule has 12 heavy (non-hydrogen) atoms. The Bertz CT molecular complexity index is 320. The van der Waals surface area contributed by atoms with Gasteiger partial charge in [0.25, 0.3) is 0 Å². The highest BCUT2D eigenvalue weighted by atomic mass is 127. The van der Waals surface area contributed by atoms with Gasteiger partial charge >= 0.3 is 0 Å². The second kappa shape index (κ2) is 2.60. The zero-order valence-electron chi connectivity index (χ0n) is 6.67. The predicted molar refractivity (Wildman–Crippen MR) is 54.3 cm³/mol. The van der Waals surface area contributed by atoms with Gasteiger partial charge in [0, 0.05) is 5.56 Å². The lowest BCUT2D eigenvalue weighted by atomic mass is 10.1. The van der Waals surface area contributed by atoms with Gasteiger partial charge in [0.2, 0.25) is 0 Å². The summed E-state index contributed by atoms with van der Waals surface area (Å²) in [4.78, 5) is 0. The van der Waals surface area contributed by atoms with Gasteiger partial charge in [-0.25, -0.2) is 0 Å². The van der Waals surface area contributed by atoms with Crippen LogP contribution in [0, 0.1) is 0 Å². The van der Waals surface area contributed by atoms with E-state index in [4.69, 9.17) is 4.74 Å². The molecule has 1 unspecified atom stereocenters. The normalized spacial score (nSPS) is 27.2. The first-order valence-corrected chi connectivity index (χ1v) is 4.83. The van der Waals surface area contributed by atoms with Crippen LogP contribution in [0.5, 0.6) is 5.75 Å². The topological polar surface area (TPSA) is 29.5 Å². The van der Waals surface area contributed by atoms with Crippen molar-refractivity contribution in [3.8, 4) is 5.75 Å². The molecule has 0 aromatic heterocycles. The van der Waals surface area contributed by atoms with E-state index < -0.39 is 0 Å². The minimum absolute atomic E-state index is 0.272. The Balaban J connectivity index is 2.57. The van der Waals surface area contributed by atoms with Crippen molar-refractivity contribution >= 4 is 22.6 Å². The minimum Gasteiger partial charge on any atom is -0.508 e. The molecule has 0 radical (unpaired) electrons. The van der Waals surface area contributed by atoms with Crippen molar-refractivity contribution in [2.24, 2.45) is 0 Å². The number of phenols is 1. The van der Waals surface area contributed by atoms with E-state index in [9.17, 15) is 5.11 Å². The van der Waals surface area contributed by atoms with Crippen molar-refractivity contribution in [1.82, 2.24) is 0 Å². The van der Waals surface area contributed by atoms with Crippen molar-refractivity contribution in [2.45, 2.75) is 17.1 Å². The maximum Gasteiger partial charge on any atom is 0.142 e. The molecule has 0 saturated carbocycles. The summed E-state index contributed by atoms with van der Waals surface area (Å²) in [7, 11) is 0. The minimum atomic E-state index is -0.272. The molecule has 3 heteroatoms. The molecule has 0 spiro atoms. The van der Waals surface area contributed by atoms with Gasteiger partial charge in [-0.1, -0.05) is 6.07 Å². The second-order valence-corrected chi connectivity index (χ2v) is 5.11. The number of halogens is 1. The number of benzene rings is 1. The fourth-order valence-electron chi connectivity index (χ4n) is 1.40. The molecular formula is C9H9IO2. The molecule has 0 amide bonds. The van der Waals surface area contributed by atoms with Crippen LogP contribution >= 0.6 is 22.6 Å². The van der Waals surface area contributed by atoms with E-state index in [1.807, 2.05) is 13.0 Å². The van der Waals surface area contributed by atoms with Gasteiger partial charge in [-0.2, -0.15) is 0 Å². The fourth-order valence-corrected chi connectivity index (χ4v) is 2.05. The zero-order valence-corrected chi connectivity index (χ0v) is 8.83. The van der Waals surface area contributed by atoms with E-state index in [-0.39, 0.29) is 3.61 Å². The molecule has 1 aliphatic rings. The summed E-state index contributed by atoms with van der Waals surface area (Å²) in [6.45, 7) is 2.65. The summed E-state index contributed by atoms with van der Waals surface area (Å²) >= 11 is 2.24. The Morgan fingerprint density at radius 2 is 2.33 bits per heavy atom. The molecule has 2 rings (SSSR count). The highest BCUT2D eigenvalue weighted by Crippen LogP contribution is 2.42. The highest BCUT2D eigenvalue weighted by molar-refractivity contribution is 14.1. The Morgan fingerprint density at radius 3 is 3.08 bits per heavy atom. The molecule has 0 saturated heterocycles. The number of alkyl halides is 1. The monoisotopic (exact) mass is 276 g/mol. The Hall–Kier alpha value is -0.290. The van der Waals surface area contributed by atoms with E-state index in [2.05, 4.69) is 22.6 Å². The van der Waals surface area contributed by atoms with Crippen LogP contribution in [0.4, 0.5) is 0 Å². The van der Waals surface area contributed by atoms with Gasteiger partial charge in [-0.05, 0) is 47.2 Å². The maximum absolute atomic E-state index is 9.27. The number of hydrogen-bond donors (Lipinski definition) is 1. The predicted octanol–water partition coefficient (Wildman–Crippen LogP) is 2.53. The van der Waals surface area contributed by atoms with Gasteiger partial charge in [-0.15, -0.1) is 0 Å². The first-order valence-electron chi connectivity index (χ1n) is 3.75. The van der Waals surface area contributed by atoms with Crippen LogP contribution in [-0.4, -0.2) is 5.11 Å².